The quantitative estimate of drug-likeness (QED) is 0.570. The number of hydrogen-bond acceptors (Lipinski definition) is 7. The lowest BCUT2D eigenvalue weighted by molar-refractivity contribution is -0.146. The summed E-state index contributed by atoms with van der Waals surface area (Å²) >= 11 is 0.896. The molecule has 1 aromatic rings. The van der Waals surface area contributed by atoms with Crippen LogP contribution in [0, 0.1) is 0 Å². The maximum Gasteiger partial charge on any atom is 0.326 e. The fourth-order valence-electron chi connectivity index (χ4n) is 2.18. The zero-order valence-corrected chi connectivity index (χ0v) is 14.1. The molecule has 0 spiro atoms. The van der Waals surface area contributed by atoms with Crippen molar-refractivity contribution in [3.63, 3.8) is 0 Å². The molecule has 1 saturated heterocycles. The highest BCUT2D eigenvalue weighted by molar-refractivity contribution is 8.15. The lowest BCUT2D eigenvalue weighted by Gasteiger charge is -2.12. The molecule has 0 radical (unpaired) electrons. The molecule has 0 N–H and O–H groups in total. The van der Waals surface area contributed by atoms with Crippen LogP contribution in [0.1, 0.15) is 19.4 Å². The molecule has 0 bridgehead atoms. The van der Waals surface area contributed by atoms with E-state index in [1.54, 1.807) is 31.2 Å². The van der Waals surface area contributed by atoms with Crippen LogP contribution >= 0.6 is 11.8 Å². The van der Waals surface area contributed by atoms with Gasteiger partial charge in [-0.3, -0.25) is 24.1 Å². The van der Waals surface area contributed by atoms with Crippen LogP contribution in [0.25, 0.3) is 0 Å². The van der Waals surface area contributed by atoms with Crippen LogP contribution in [-0.4, -0.2) is 46.4 Å². The number of imide groups is 1. The highest BCUT2D eigenvalue weighted by atomic mass is 32.2. The third kappa shape index (κ3) is 4.58. The van der Waals surface area contributed by atoms with Gasteiger partial charge in [0.05, 0.1) is 11.9 Å². The number of thioether (sulfide) groups is 1. The first-order valence-corrected chi connectivity index (χ1v) is 8.23. The van der Waals surface area contributed by atoms with Crippen LogP contribution in [0.3, 0.4) is 0 Å². The molecule has 1 heterocycles. The van der Waals surface area contributed by atoms with E-state index in [9.17, 15) is 19.2 Å². The molecule has 1 atom stereocenters. The van der Waals surface area contributed by atoms with Gasteiger partial charge in [-0.2, -0.15) is 0 Å². The molecule has 128 valence electrons. The Morgan fingerprint density at radius 2 is 1.88 bits per heavy atom. The summed E-state index contributed by atoms with van der Waals surface area (Å²) < 4.78 is 9.70. The maximum atomic E-state index is 12.3. The zero-order chi connectivity index (χ0) is 17.7. The van der Waals surface area contributed by atoms with Crippen molar-refractivity contribution in [2.75, 3.05) is 13.2 Å². The largest absolute Gasteiger partial charge is 0.465 e. The molecule has 1 fully saturated rings. The summed E-state index contributed by atoms with van der Waals surface area (Å²) in [6.45, 7) is 2.80. The van der Waals surface area contributed by atoms with Crippen LogP contribution in [0.2, 0.25) is 0 Å². The van der Waals surface area contributed by atoms with Gasteiger partial charge in [0.15, 0.2) is 0 Å². The van der Waals surface area contributed by atoms with Crippen LogP contribution in [0.15, 0.2) is 24.3 Å². The molecule has 2 amide bonds. The summed E-state index contributed by atoms with van der Waals surface area (Å²) in [5.41, 5.74) is 0.822. The van der Waals surface area contributed by atoms with E-state index in [0.717, 1.165) is 22.2 Å². The van der Waals surface area contributed by atoms with Crippen molar-refractivity contribution in [3.8, 4) is 5.75 Å². The van der Waals surface area contributed by atoms with Crippen LogP contribution in [0.4, 0.5) is 4.79 Å². The van der Waals surface area contributed by atoms with Gasteiger partial charge in [-0.25, -0.2) is 0 Å². The maximum absolute atomic E-state index is 12.3. The molecule has 2 rings (SSSR count). The number of amides is 2. The number of nitrogens with zero attached hydrogens (tertiary/aromatic N) is 1. The molecule has 1 unspecified atom stereocenters. The van der Waals surface area contributed by atoms with Gasteiger partial charge in [0, 0.05) is 6.92 Å². The average Bonchev–Trinajstić information content (AvgIpc) is 2.77. The van der Waals surface area contributed by atoms with Crippen LogP contribution in [-0.2, 0) is 25.5 Å². The lowest BCUT2D eigenvalue weighted by Crippen LogP contribution is -2.37. The Morgan fingerprint density at radius 3 is 2.46 bits per heavy atom. The SMILES string of the molecule is CCOC(=O)CN1C(=O)SC(Cc2ccc(OC(C)=O)cc2)C1=O. The van der Waals surface area contributed by atoms with Crippen molar-refractivity contribution in [2.45, 2.75) is 25.5 Å². The molecule has 1 aliphatic heterocycles. The van der Waals surface area contributed by atoms with E-state index in [-0.39, 0.29) is 13.2 Å². The molecular weight excluding hydrogens is 334 g/mol. The number of carbonyl (C=O) groups excluding carboxylic acids is 4. The topological polar surface area (TPSA) is 90.0 Å². The number of rotatable bonds is 6. The summed E-state index contributed by atoms with van der Waals surface area (Å²) in [6.07, 6.45) is 0.342. The molecule has 0 saturated carbocycles. The van der Waals surface area contributed by atoms with Gasteiger partial charge >= 0.3 is 11.9 Å². The highest BCUT2D eigenvalue weighted by Crippen LogP contribution is 2.29. The Balaban J connectivity index is 1.98. The minimum Gasteiger partial charge on any atom is -0.465 e. The van der Waals surface area contributed by atoms with E-state index < -0.39 is 28.3 Å². The fourth-order valence-corrected chi connectivity index (χ4v) is 3.21. The number of ether oxygens (including phenoxy) is 2. The molecule has 0 aromatic heterocycles. The van der Waals surface area contributed by atoms with Crippen molar-refractivity contribution in [3.05, 3.63) is 29.8 Å². The van der Waals surface area contributed by atoms with Crippen molar-refractivity contribution >= 4 is 34.8 Å². The lowest BCUT2D eigenvalue weighted by atomic mass is 10.1. The third-order valence-electron chi connectivity index (χ3n) is 3.20. The molecule has 7 nitrogen and oxygen atoms in total. The summed E-state index contributed by atoms with van der Waals surface area (Å²) in [5.74, 6) is -1.01. The van der Waals surface area contributed by atoms with E-state index >= 15 is 0 Å². The van der Waals surface area contributed by atoms with Crippen LogP contribution < -0.4 is 4.74 Å². The number of benzene rings is 1. The van der Waals surface area contributed by atoms with Gasteiger partial charge in [0.25, 0.3) is 5.24 Å². The predicted molar refractivity (Wildman–Crippen MR) is 86.6 cm³/mol. The minimum atomic E-state index is -0.605. The van der Waals surface area contributed by atoms with Gasteiger partial charge in [-0.15, -0.1) is 0 Å². The van der Waals surface area contributed by atoms with Crippen molar-refractivity contribution < 1.29 is 28.7 Å². The van der Waals surface area contributed by atoms with Gasteiger partial charge in [0.2, 0.25) is 5.91 Å². The molecular formula is C16H17NO6S. The highest BCUT2D eigenvalue weighted by Gasteiger charge is 2.40. The van der Waals surface area contributed by atoms with E-state index in [2.05, 4.69) is 0 Å². The van der Waals surface area contributed by atoms with Crippen LogP contribution in [0.5, 0.6) is 5.75 Å². The molecule has 8 heteroatoms. The molecule has 1 aromatic carbocycles. The van der Waals surface area contributed by atoms with E-state index in [4.69, 9.17) is 9.47 Å². The summed E-state index contributed by atoms with van der Waals surface area (Å²) in [4.78, 5) is 47.4. The first kappa shape index (κ1) is 18.0. The summed E-state index contributed by atoms with van der Waals surface area (Å²) in [7, 11) is 0. The third-order valence-corrected chi connectivity index (χ3v) is 4.28. The predicted octanol–water partition coefficient (Wildman–Crippen LogP) is 1.78. The number of hydrogen-bond donors (Lipinski definition) is 0. The molecule has 24 heavy (non-hydrogen) atoms. The number of carbonyl (C=O) groups is 4. The summed E-state index contributed by atoms with van der Waals surface area (Å²) in [5, 5.41) is -1.03. The second kappa shape index (κ2) is 7.96. The Kier molecular flexibility index (Phi) is 5.97. The Labute approximate surface area is 143 Å². The Hall–Kier alpha value is -2.35. The monoisotopic (exact) mass is 351 g/mol. The molecule has 0 aliphatic carbocycles. The Morgan fingerprint density at radius 1 is 1.21 bits per heavy atom. The van der Waals surface area contributed by atoms with Gasteiger partial charge in [-0.05, 0) is 31.0 Å². The Bertz CT molecular complexity index is 657. The standard InChI is InChI=1S/C16H17NO6S/c1-3-22-14(19)9-17-15(20)13(24-16(17)21)8-11-4-6-12(7-5-11)23-10(2)18/h4-7,13H,3,8-9H2,1-2H3. The van der Waals surface area contributed by atoms with Crippen molar-refractivity contribution in [1.82, 2.24) is 4.90 Å². The minimum absolute atomic E-state index is 0.195. The van der Waals surface area contributed by atoms with E-state index in [0.29, 0.717) is 12.2 Å². The van der Waals surface area contributed by atoms with E-state index in [1.807, 2.05) is 0 Å². The number of esters is 2. The van der Waals surface area contributed by atoms with Gasteiger partial charge in [-0.1, -0.05) is 23.9 Å². The van der Waals surface area contributed by atoms with Gasteiger partial charge < -0.3 is 9.47 Å². The first-order valence-electron chi connectivity index (χ1n) is 7.35. The van der Waals surface area contributed by atoms with E-state index in [1.165, 1.54) is 6.92 Å². The van der Waals surface area contributed by atoms with Gasteiger partial charge in [0.1, 0.15) is 12.3 Å². The van der Waals surface area contributed by atoms with Crippen molar-refractivity contribution in [1.29, 1.82) is 0 Å². The molecule has 1 aliphatic rings. The summed E-state index contributed by atoms with van der Waals surface area (Å²) in [6, 6.07) is 6.70. The second-order valence-corrected chi connectivity index (χ2v) is 6.20. The smallest absolute Gasteiger partial charge is 0.326 e. The van der Waals surface area contributed by atoms with Crippen molar-refractivity contribution in [2.24, 2.45) is 0 Å². The first-order chi connectivity index (χ1) is 11.4. The second-order valence-electron chi connectivity index (χ2n) is 5.04. The normalized spacial score (nSPS) is 17.1. The fraction of sp³-hybridized carbons (Fsp3) is 0.375. The zero-order valence-electron chi connectivity index (χ0n) is 13.3. The average molecular weight is 351 g/mol.